The van der Waals surface area contributed by atoms with Gasteiger partial charge in [-0.1, -0.05) is 41.9 Å². The summed E-state index contributed by atoms with van der Waals surface area (Å²) in [6.07, 6.45) is 0. The molecule has 0 aliphatic rings. The van der Waals surface area contributed by atoms with Crippen LogP contribution in [0.25, 0.3) is 0 Å². The number of halogens is 1. The van der Waals surface area contributed by atoms with Crippen molar-refractivity contribution in [3.63, 3.8) is 0 Å². The van der Waals surface area contributed by atoms with Crippen molar-refractivity contribution in [3.8, 4) is 0 Å². The van der Waals surface area contributed by atoms with Gasteiger partial charge in [-0.2, -0.15) is 0 Å². The highest BCUT2D eigenvalue weighted by Crippen LogP contribution is 2.25. The summed E-state index contributed by atoms with van der Waals surface area (Å²) in [4.78, 5) is 2.16. The summed E-state index contributed by atoms with van der Waals surface area (Å²) in [5, 5.41) is 4.28. The molecule has 0 fully saturated rings. The van der Waals surface area contributed by atoms with E-state index in [0.717, 1.165) is 22.8 Å². The van der Waals surface area contributed by atoms with Crippen LogP contribution in [0, 0.1) is 0 Å². The van der Waals surface area contributed by atoms with Gasteiger partial charge in [0.1, 0.15) is 0 Å². The summed E-state index contributed by atoms with van der Waals surface area (Å²) in [6, 6.07) is 16.7. The molecule has 1 atom stereocenters. The maximum atomic E-state index is 6.22. The lowest BCUT2D eigenvalue weighted by atomic mass is 10.1. The molecular weight excluding hydrogens is 268 g/mol. The van der Waals surface area contributed by atoms with Gasteiger partial charge in [0.05, 0.1) is 0 Å². The highest BCUT2D eigenvalue weighted by molar-refractivity contribution is 6.31. The molecule has 0 aromatic heterocycles. The van der Waals surface area contributed by atoms with Gasteiger partial charge >= 0.3 is 0 Å². The number of hydrogen-bond donors (Lipinski definition) is 1. The third-order valence-electron chi connectivity index (χ3n) is 3.21. The van der Waals surface area contributed by atoms with Crippen LogP contribution >= 0.6 is 11.6 Å². The number of rotatable bonds is 5. The maximum absolute atomic E-state index is 6.22. The fourth-order valence-electron chi connectivity index (χ4n) is 2.23. The van der Waals surface area contributed by atoms with Crippen molar-refractivity contribution in [1.29, 1.82) is 0 Å². The van der Waals surface area contributed by atoms with E-state index in [1.807, 2.05) is 18.2 Å². The van der Waals surface area contributed by atoms with Crippen molar-refractivity contribution >= 4 is 17.3 Å². The minimum Gasteiger partial charge on any atom is -0.378 e. The standard InChI is InChI=1S/C17H21ClN2/c1-13(16-6-4-5-7-17(16)18)19-15-10-8-14(9-11-15)12-20(2)3/h4-11,13,19H,12H2,1-3H3. The zero-order valence-corrected chi connectivity index (χ0v) is 13.0. The molecule has 0 saturated heterocycles. The number of benzene rings is 2. The topological polar surface area (TPSA) is 15.3 Å². The van der Waals surface area contributed by atoms with Crippen LogP contribution in [0.5, 0.6) is 0 Å². The molecule has 2 aromatic carbocycles. The Morgan fingerprint density at radius 2 is 1.70 bits per heavy atom. The summed E-state index contributed by atoms with van der Waals surface area (Å²) >= 11 is 6.22. The van der Waals surface area contributed by atoms with Gasteiger partial charge in [-0.15, -0.1) is 0 Å². The Morgan fingerprint density at radius 1 is 1.05 bits per heavy atom. The van der Waals surface area contributed by atoms with Crippen LogP contribution in [0.2, 0.25) is 5.02 Å². The summed E-state index contributed by atoms with van der Waals surface area (Å²) in [7, 11) is 4.15. The fourth-order valence-corrected chi connectivity index (χ4v) is 2.52. The molecule has 1 unspecified atom stereocenters. The molecule has 0 radical (unpaired) electrons. The van der Waals surface area contributed by atoms with E-state index in [2.05, 4.69) is 61.6 Å². The summed E-state index contributed by atoms with van der Waals surface area (Å²) < 4.78 is 0. The number of nitrogens with one attached hydrogen (secondary N) is 1. The highest BCUT2D eigenvalue weighted by Gasteiger charge is 2.08. The zero-order chi connectivity index (χ0) is 14.5. The van der Waals surface area contributed by atoms with E-state index in [1.54, 1.807) is 0 Å². The zero-order valence-electron chi connectivity index (χ0n) is 12.2. The van der Waals surface area contributed by atoms with Crippen LogP contribution in [0.1, 0.15) is 24.1 Å². The van der Waals surface area contributed by atoms with Gasteiger partial charge in [-0.25, -0.2) is 0 Å². The Bertz CT molecular complexity index is 549. The molecule has 0 saturated carbocycles. The van der Waals surface area contributed by atoms with Crippen LogP contribution in [-0.4, -0.2) is 19.0 Å². The molecule has 20 heavy (non-hydrogen) atoms. The molecule has 0 heterocycles. The van der Waals surface area contributed by atoms with Crippen molar-refractivity contribution in [2.75, 3.05) is 19.4 Å². The Labute approximate surface area is 126 Å². The van der Waals surface area contributed by atoms with Crippen molar-refractivity contribution < 1.29 is 0 Å². The van der Waals surface area contributed by atoms with Crippen LogP contribution in [0.3, 0.4) is 0 Å². The summed E-state index contributed by atoms with van der Waals surface area (Å²) in [5.41, 5.74) is 3.54. The van der Waals surface area contributed by atoms with Gasteiger partial charge in [0.2, 0.25) is 0 Å². The molecule has 2 rings (SSSR count). The van der Waals surface area contributed by atoms with Crippen LogP contribution in [0.15, 0.2) is 48.5 Å². The Morgan fingerprint density at radius 3 is 2.30 bits per heavy atom. The average Bonchev–Trinajstić information content (AvgIpc) is 2.41. The van der Waals surface area contributed by atoms with Crippen molar-refractivity contribution in [2.24, 2.45) is 0 Å². The lowest BCUT2D eigenvalue weighted by Gasteiger charge is -2.17. The molecule has 0 spiro atoms. The number of nitrogens with zero attached hydrogens (tertiary/aromatic N) is 1. The van der Waals surface area contributed by atoms with Gasteiger partial charge in [0.15, 0.2) is 0 Å². The second-order valence-corrected chi connectivity index (χ2v) is 5.73. The first-order valence-corrected chi connectivity index (χ1v) is 7.18. The van der Waals surface area contributed by atoms with E-state index >= 15 is 0 Å². The molecular formula is C17H21ClN2. The molecule has 2 aromatic rings. The Hall–Kier alpha value is -1.51. The molecule has 0 aliphatic heterocycles. The molecule has 1 N–H and O–H groups in total. The van der Waals surface area contributed by atoms with Crippen LogP contribution in [0.4, 0.5) is 5.69 Å². The first-order chi connectivity index (χ1) is 9.56. The molecule has 106 valence electrons. The van der Waals surface area contributed by atoms with Gasteiger partial charge in [0.25, 0.3) is 0 Å². The molecule has 2 nitrogen and oxygen atoms in total. The van der Waals surface area contributed by atoms with Crippen LogP contribution < -0.4 is 5.32 Å². The van der Waals surface area contributed by atoms with Crippen molar-refractivity contribution in [3.05, 3.63) is 64.7 Å². The molecule has 0 aliphatic carbocycles. The SMILES string of the molecule is CC(Nc1ccc(CN(C)C)cc1)c1ccccc1Cl. The fraction of sp³-hybridized carbons (Fsp3) is 0.294. The van der Waals surface area contributed by atoms with E-state index in [1.165, 1.54) is 5.56 Å². The summed E-state index contributed by atoms with van der Waals surface area (Å²) in [5.74, 6) is 0. The Balaban J connectivity index is 2.05. The smallest absolute Gasteiger partial charge is 0.0500 e. The van der Waals surface area contributed by atoms with Crippen LogP contribution in [-0.2, 0) is 6.54 Å². The van der Waals surface area contributed by atoms with Gasteiger partial charge in [0, 0.05) is 23.3 Å². The van der Waals surface area contributed by atoms with E-state index in [0.29, 0.717) is 0 Å². The first kappa shape index (κ1) is 14.9. The number of anilines is 1. The second-order valence-electron chi connectivity index (χ2n) is 5.32. The van der Waals surface area contributed by atoms with E-state index < -0.39 is 0 Å². The normalized spacial score (nSPS) is 12.4. The van der Waals surface area contributed by atoms with E-state index in [4.69, 9.17) is 11.6 Å². The first-order valence-electron chi connectivity index (χ1n) is 6.81. The maximum Gasteiger partial charge on any atom is 0.0500 e. The monoisotopic (exact) mass is 288 g/mol. The third kappa shape index (κ3) is 3.99. The molecule has 0 bridgehead atoms. The minimum absolute atomic E-state index is 0.184. The average molecular weight is 289 g/mol. The molecule has 3 heteroatoms. The highest BCUT2D eigenvalue weighted by atomic mass is 35.5. The molecule has 0 amide bonds. The number of hydrogen-bond acceptors (Lipinski definition) is 2. The predicted molar refractivity (Wildman–Crippen MR) is 87.3 cm³/mol. The van der Waals surface area contributed by atoms with E-state index in [-0.39, 0.29) is 6.04 Å². The van der Waals surface area contributed by atoms with E-state index in [9.17, 15) is 0 Å². The lowest BCUT2D eigenvalue weighted by Crippen LogP contribution is -2.11. The van der Waals surface area contributed by atoms with Crippen molar-refractivity contribution in [1.82, 2.24) is 4.90 Å². The minimum atomic E-state index is 0.184. The third-order valence-corrected chi connectivity index (χ3v) is 3.55. The second kappa shape index (κ2) is 6.78. The Kier molecular flexibility index (Phi) is 5.05. The van der Waals surface area contributed by atoms with Gasteiger partial charge in [-0.3, -0.25) is 0 Å². The van der Waals surface area contributed by atoms with Crippen molar-refractivity contribution in [2.45, 2.75) is 19.5 Å². The lowest BCUT2D eigenvalue weighted by molar-refractivity contribution is 0.402. The van der Waals surface area contributed by atoms with Gasteiger partial charge < -0.3 is 10.2 Å². The summed E-state index contributed by atoms with van der Waals surface area (Å²) in [6.45, 7) is 3.08. The largest absolute Gasteiger partial charge is 0.378 e. The quantitative estimate of drug-likeness (QED) is 0.867. The van der Waals surface area contributed by atoms with Gasteiger partial charge in [-0.05, 0) is 50.3 Å². The predicted octanol–water partition coefficient (Wildman–Crippen LogP) is 4.57.